The number of rotatable bonds is 10. The number of hydrogen-bond acceptors (Lipinski definition) is 2. The van der Waals surface area contributed by atoms with Gasteiger partial charge in [0.05, 0.1) is 0 Å². The largest absolute Gasteiger partial charge is 0.481 e. The summed E-state index contributed by atoms with van der Waals surface area (Å²) in [5.41, 5.74) is 1.21. The minimum atomic E-state index is -0.709. The van der Waals surface area contributed by atoms with Gasteiger partial charge in [-0.2, -0.15) is 0 Å². The number of para-hydroxylation sites is 1. The number of unbranched alkanes of at least 4 members (excludes halogenated alkanes) is 1. The van der Waals surface area contributed by atoms with Gasteiger partial charge in [-0.1, -0.05) is 44.9 Å². The fraction of sp³-hybridized carbons (Fsp3) is 0.588. The molecular weight excluding hydrogens is 250 g/mol. The van der Waals surface area contributed by atoms with Crippen molar-refractivity contribution in [3.63, 3.8) is 0 Å². The molecule has 0 amide bonds. The zero-order valence-corrected chi connectivity index (χ0v) is 12.7. The molecule has 1 aromatic rings. The Morgan fingerprint density at radius 2 is 1.90 bits per heavy atom. The normalized spacial score (nSPS) is 12.1. The fourth-order valence-corrected chi connectivity index (χ4v) is 2.56. The molecule has 0 fully saturated rings. The number of carboxylic acid groups (broad SMARTS) is 1. The molecule has 0 spiro atoms. The van der Waals surface area contributed by atoms with E-state index < -0.39 is 5.97 Å². The van der Waals surface area contributed by atoms with Gasteiger partial charge in [0.1, 0.15) is 0 Å². The van der Waals surface area contributed by atoms with E-state index >= 15 is 0 Å². The summed E-state index contributed by atoms with van der Waals surface area (Å²) in [4.78, 5) is 13.1. The Hall–Kier alpha value is -1.51. The molecule has 0 saturated carbocycles. The van der Waals surface area contributed by atoms with Crippen LogP contribution in [0.15, 0.2) is 30.3 Å². The van der Waals surface area contributed by atoms with Crippen LogP contribution in [0.1, 0.15) is 52.4 Å². The number of carboxylic acids is 1. The predicted octanol–water partition coefficient (Wildman–Crippen LogP) is 4.33. The van der Waals surface area contributed by atoms with Gasteiger partial charge in [0, 0.05) is 24.7 Å². The lowest BCUT2D eigenvalue weighted by molar-refractivity contribution is -0.137. The zero-order chi connectivity index (χ0) is 14.8. The summed E-state index contributed by atoms with van der Waals surface area (Å²) in [6.45, 7) is 5.25. The molecule has 0 aliphatic carbocycles. The Morgan fingerprint density at radius 1 is 1.20 bits per heavy atom. The van der Waals surface area contributed by atoms with Gasteiger partial charge in [0.2, 0.25) is 0 Å². The first-order valence-electron chi connectivity index (χ1n) is 7.72. The molecule has 1 N–H and O–H groups in total. The van der Waals surface area contributed by atoms with Gasteiger partial charge in [0.25, 0.3) is 0 Å². The lowest BCUT2D eigenvalue weighted by Gasteiger charge is -2.33. The van der Waals surface area contributed by atoms with Crippen LogP contribution in [-0.4, -0.2) is 23.7 Å². The van der Waals surface area contributed by atoms with Crippen LogP contribution < -0.4 is 4.90 Å². The van der Waals surface area contributed by atoms with E-state index in [1.54, 1.807) is 0 Å². The molecule has 0 saturated heterocycles. The van der Waals surface area contributed by atoms with Crippen molar-refractivity contribution in [2.45, 2.75) is 58.4 Å². The van der Waals surface area contributed by atoms with Crippen molar-refractivity contribution in [1.82, 2.24) is 0 Å². The molecule has 3 nitrogen and oxygen atoms in total. The van der Waals surface area contributed by atoms with Gasteiger partial charge >= 0.3 is 5.97 Å². The summed E-state index contributed by atoms with van der Waals surface area (Å²) in [5.74, 6) is -0.709. The van der Waals surface area contributed by atoms with E-state index in [1.807, 2.05) is 18.2 Å². The van der Waals surface area contributed by atoms with Crippen LogP contribution in [0.2, 0.25) is 0 Å². The Morgan fingerprint density at radius 3 is 2.45 bits per heavy atom. The standard InChI is InChI=1S/C17H27NO2/c1-3-5-10-15(4-2)18(14-9-13-17(19)20)16-11-7-6-8-12-16/h6-8,11-12,15H,3-5,9-10,13-14H2,1-2H3,(H,19,20). The molecule has 1 atom stereocenters. The fourth-order valence-electron chi connectivity index (χ4n) is 2.56. The van der Waals surface area contributed by atoms with E-state index in [2.05, 4.69) is 30.9 Å². The molecule has 1 unspecified atom stereocenters. The first-order valence-corrected chi connectivity index (χ1v) is 7.72. The third-order valence-electron chi connectivity index (χ3n) is 3.68. The second kappa shape index (κ2) is 9.40. The molecule has 1 rings (SSSR count). The third kappa shape index (κ3) is 5.64. The Bertz CT molecular complexity index is 378. The van der Waals surface area contributed by atoms with E-state index in [0.717, 1.165) is 13.0 Å². The van der Waals surface area contributed by atoms with Gasteiger partial charge in [-0.15, -0.1) is 0 Å². The molecule has 0 aliphatic rings. The number of benzene rings is 1. The van der Waals surface area contributed by atoms with Crippen LogP contribution in [0.5, 0.6) is 0 Å². The van der Waals surface area contributed by atoms with E-state index in [4.69, 9.17) is 5.11 Å². The highest BCUT2D eigenvalue weighted by molar-refractivity contribution is 5.66. The second-order valence-electron chi connectivity index (χ2n) is 5.23. The summed E-state index contributed by atoms with van der Waals surface area (Å²) in [6, 6.07) is 10.9. The average Bonchev–Trinajstić information content (AvgIpc) is 2.46. The first kappa shape index (κ1) is 16.5. The van der Waals surface area contributed by atoms with Crippen LogP contribution in [0, 0.1) is 0 Å². The minimum Gasteiger partial charge on any atom is -0.481 e. The van der Waals surface area contributed by atoms with Crippen molar-refractivity contribution in [3.8, 4) is 0 Å². The van der Waals surface area contributed by atoms with Crippen molar-refractivity contribution in [3.05, 3.63) is 30.3 Å². The number of anilines is 1. The van der Waals surface area contributed by atoms with Crippen LogP contribution in [-0.2, 0) is 4.79 Å². The van der Waals surface area contributed by atoms with E-state index in [9.17, 15) is 4.79 Å². The Balaban J connectivity index is 2.74. The van der Waals surface area contributed by atoms with Gasteiger partial charge in [0.15, 0.2) is 0 Å². The van der Waals surface area contributed by atoms with E-state index in [0.29, 0.717) is 12.5 Å². The maximum atomic E-state index is 10.7. The van der Waals surface area contributed by atoms with Crippen molar-refractivity contribution in [2.75, 3.05) is 11.4 Å². The lowest BCUT2D eigenvalue weighted by atomic mass is 10.0. The Labute approximate surface area is 122 Å². The third-order valence-corrected chi connectivity index (χ3v) is 3.68. The summed E-state index contributed by atoms with van der Waals surface area (Å²) < 4.78 is 0. The zero-order valence-electron chi connectivity index (χ0n) is 12.7. The molecule has 112 valence electrons. The summed E-state index contributed by atoms with van der Waals surface area (Å²) >= 11 is 0. The minimum absolute atomic E-state index is 0.244. The number of hydrogen-bond donors (Lipinski definition) is 1. The van der Waals surface area contributed by atoms with Crippen molar-refractivity contribution >= 4 is 11.7 Å². The monoisotopic (exact) mass is 277 g/mol. The van der Waals surface area contributed by atoms with Crippen LogP contribution in [0.4, 0.5) is 5.69 Å². The second-order valence-corrected chi connectivity index (χ2v) is 5.23. The molecule has 0 radical (unpaired) electrons. The number of aliphatic carboxylic acids is 1. The van der Waals surface area contributed by atoms with Crippen molar-refractivity contribution in [1.29, 1.82) is 0 Å². The summed E-state index contributed by atoms with van der Waals surface area (Å²) in [6.07, 6.45) is 5.65. The van der Waals surface area contributed by atoms with Crippen molar-refractivity contribution in [2.24, 2.45) is 0 Å². The summed E-state index contributed by atoms with van der Waals surface area (Å²) in [7, 11) is 0. The van der Waals surface area contributed by atoms with Crippen LogP contribution in [0.3, 0.4) is 0 Å². The van der Waals surface area contributed by atoms with Gasteiger partial charge < -0.3 is 10.0 Å². The average molecular weight is 277 g/mol. The maximum Gasteiger partial charge on any atom is 0.303 e. The van der Waals surface area contributed by atoms with Crippen LogP contribution in [0.25, 0.3) is 0 Å². The van der Waals surface area contributed by atoms with Gasteiger partial charge in [-0.05, 0) is 31.4 Å². The molecule has 0 bridgehead atoms. The molecule has 3 heteroatoms. The van der Waals surface area contributed by atoms with E-state index in [-0.39, 0.29) is 6.42 Å². The first-order chi connectivity index (χ1) is 9.69. The maximum absolute atomic E-state index is 10.7. The highest BCUT2D eigenvalue weighted by Crippen LogP contribution is 2.22. The summed E-state index contributed by atoms with van der Waals surface area (Å²) in [5, 5.41) is 8.82. The number of nitrogens with zero attached hydrogens (tertiary/aromatic N) is 1. The smallest absolute Gasteiger partial charge is 0.303 e. The lowest BCUT2D eigenvalue weighted by Crippen LogP contribution is -2.36. The molecule has 1 aromatic carbocycles. The highest BCUT2D eigenvalue weighted by atomic mass is 16.4. The highest BCUT2D eigenvalue weighted by Gasteiger charge is 2.16. The molecule has 0 aromatic heterocycles. The Kier molecular flexibility index (Phi) is 7.78. The predicted molar refractivity (Wildman–Crippen MR) is 84.3 cm³/mol. The molecule has 20 heavy (non-hydrogen) atoms. The number of carbonyl (C=O) groups is 1. The topological polar surface area (TPSA) is 40.5 Å². The molecular formula is C17H27NO2. The van der Waals surface area contributed by atoms with Gasteiger partial charge in [-0.25, -0.2) is 0 Å². The van der Waals surface area contributed by atoms with Crippen molar-refractivity contribution < 1.29 is 9.90 Å². The molecule has 0 aliphatic heterocycles. The SMILES string of the molecule is CCCCC(CC)N(CCCC(=O)O)c1ccccc1. The van der Waals surface area contributed by atoms with Crippen LogP contribution >= 0.6 is 0 Å². The quantitative estimate of drug-likeness (QED) is 0.692. The van der Waals surface area contributed by atoms with Gasteiger partial charge in [-0.3, -0.25) is 4.79 Å². The molecule has 0 heterocycles. The van der Waals surface area contributed by atoms with E-state index in [1.165, 1.54) is 24.9 Å².